The number of carbonyl (C=O) groups excluding carboxylic acids is 2. The summed E-state index contributed by atoms with van der Waals surface area (Å²) in [6.07, 6.45) is -0.0274. The van der Waals surface area contributed by atoms with Gasteiger partial charge >= 0.3 is 0 Å². The third-order valence-electron chi connectivity index (χ3n) is 4.69. The highest BCUT2D eigenvalue weighted by atomic mass is 79.9. The van der Waals surface area contributed by atoms with Gasteiger partial charge in [-0.3, -0.25) is 9.59 Å². The third kappa shape index (κ3) is 3.13. The van der Waals surface area contributed by atoms with E-state index in [0.29, 0.717) is 16.8 Å². The minimum Gasteiger partial charge on any atom is -0.310 e. The molecule has 1 aliphatic heterocycles. The van der Waals surface area contributed by atoms with Gasteiger partial charge in [0, 0.05) is 28.1 Å². The number of ketones is 1. The van der Waals surface area contributed by atoms with E-state index in [9.17, 15) is 18.4 Å². The van der Waals surface area contributed by atoms with E-state index in [1.807, 2.05) is 0 Å². The van der Waals surface area contributed by atoms with Crippen molar-refractivity contribution in [3.63, 3.8) is 0 Å². The number of benzene rings is 2. The second kappa shape index (κ2) is 6.94. The molecule has 1 unspecified atom stereocenters. The van der Waals surface area contributed by atoms with E-state index in [4.69, 9.17) is 0 Å². The molecular weight excluding hydrogens is 432 g/mol. The average Bonchev–Trinajstić information content (AvgIpc) is 2.97. The number of fused-ring (bicyclic) bond motifs is 1. The van der Waals surface area contributed by atoms with Gasteiger partial charge in [0.15, 0.2) is 11.6 Å². The summed E-state index contributed by atoms with van der Waals surface area (Å²) in [6.45, 7) is 1.69. The largest absolute Gasteiger partial charge is 0.310 e. The number of amides is 1. The number of aryl methyl sites for hydroxylation is 1. The number of hydrogen-bond acceptors (Lipinski definition) is 3. The first-order valence-corrected chi connectivity index (χ1v) is 9.29. The number of carbonyl (C=O) groups is 2. The lowest BCUT2D eigenvalue weighted by atomic mass is 9.85. The molecule has 1 aromatic heterocycles. The van der Waals surface area contributed by atoms with Crippen LogP contribution in [0.4, 0.5) is 14.6 Å². The van der Waals surface area contributed by atoms with E-state index in [-0.39, 0.29) is 29.6 Å². The molecule has 0 radical (unpaired) electrons. The van der Waals surface area contributed by atoms with Gasteiger partial charge < -0.3 is 5.32 Å². The third-order valence-corrected chi connectivity index (χ3v) is 5.21. The Balaban J connectivity index is 1.83. The lowest BCUT2D eigenvalue weighted by molar-refractivity contribution is -0.116. The second-order valence-electron chi connectivity index (χ2n) is 6.53. The van der Waals surface area contributed by atoms with Gasteiger partial charge in [-0.05, 0) is 31.2 Å². The molecule has 28 heavy (non-hydrogen) atoms. The molecule has 0 spiro atoms. The minimum atomic E-state index is -0.819. The average molecular weight is 446 g/mol. The molecule has 1 atom stereocenters. The molecule has 0 saturated heterocycles. The summed E-state index contributed by atoms with van der Waals surface area (Å²) >= 11 is 3.33. The van der Waals surface area contributed by atoms with Crippen LogP contribution in [-0.4, -0.2) is 21.5 Å². The Morgan fingerprint density at radius 2 is 1.93 bits per heavy atom. The molecule has 1 N–H and O–H groups in total. The quantitative estimate of drug-likeness (QED) is 0.602. The number of halogens is 3. The molecule has 0 aliphatic carbocycles. The van der Waals surface area contributed by atoms with Gasteiger partial charge in [0.25, 0.3) is 0 Å². The number of aromatic nitrogens is 2. The first-order chi connectivity index (χ1) is 13.3. The molecule has 4 rings (SSSR count). The van der Waals surface area contributed by atoms with Crippen molar-refractivity contribution < 1.29 is 18.4 Å². The van der Waals surface area contributed by atoms with E-state index in [1.165, 1.54) is 10.7 Å². The Kier molecular flexibility index (Phi) is 4.58. The summed E-state index contributed by atoms with van der Waals surface area (Å²) in [5, 5.41) is 6.98. The fourth-order valence-corrected chi connectivity index (χ4v) is 3.68. The molecule has 5 nitrogen and oxygen atoms in total. The zero-order valence-corrected chi connectivity index (χ0v) is 16.3. The van der Waals surface area contributed by atoms with Crippen LogP contribution in [0.5, 0.6) is 0 Å². The highest BCUT2D eigenvalue weighted by Gasteiger charge is 2.36. The van der Waals surface area contributed by atoms with Crippen LogP contribution in [0.2, 0.25) is 0 Å². The van der Waals surface area contributed by atoms with Crippen LogP contribution < -0.4 is 5.32 Å². The molecule has 0 saturated carbocycles. The molecular formula is C20H14BrF2N3O2. The van der Waals surface area contributed by atoms with Crippen LogP contribution in [0, 0.1) is 18.6 Å². The molecule has 2 aromatic carbocycles. The first kappa shape index (κ1) is 18.5. The Morgan fingerprint density at radius 1 is 1.21 bits per heavy atom. The molecule has 1 aliphatic rings. The Labute approximate surface area is 167 Å². The van der Waals surface area contributed by atoms with Crippen LogP contribution in [0.1, 0.15) is 34.0 Å². The van der Waals surface area contributed by atoms with Gasteiger partial charge in [0.2, 0.25) is 5.91 Å². The van der Waals surface area contributed by atoms with Crippen molar-refractivity contribution in [3.05, 3.63) is 75.4 Å². The summed E-state index contributed by atoms with van der Waals surface area (Å²) in [5.74, 6) is -2.62. The predicted octanol–water partition coefficient (Wildman–Crippen LogP) is 4.53. The zero-order chi connectivity index (χ0) is 20.0. The van der Waals surface area contributed by atoms with Crippen LogP contribution in [0.15, 0.2) is 46.9 Å². The highest BCUT2D eigenvalue weighted by Crippen LogP contribution is 2.38. The molecule has 1 amide bonds. The Morgan fingerprint density at radius 3 is 2.61 bits per heavy atom. The van der Waals surface area contributed by atoms with Crippen molar-refractivity contribution in [2.75, 3.05) is 5.32 Å². The minimum absolute atomic E-state index is 0.0113. The standard InChI is InChI=1S/C20H14BrF2N3O2/c1-10-18-14(19(28)11-2-4-12(21)5-3-11)9-17(27)24-20(18)26(25-10)16-7-6-13(22)8-15(16)23/h2-8,14H,9H2,1H3,(H,24,27). The lowest BCUT2D eigenvalue weighted by Gasteiger charge is -2.23. The van der Waals surface area contributed by atoms with Crippen LogP contribution in [-0.2, 0) is 4.79 Å². The first-order valence-electron chi connectivity index (χ1n) is 8.49. The smallest absolute Gasteiger partial charge is 0.226 e. The number of hydrogen-bond donors (Lipinski definition) is 1. The Bertz CT molecular complexity index is 1110. The van der Waals surface area contributed by atoms with Crippen LogP contribution >= 0.6 is 15.9 Å². The maximum Gasteiger partial charge on any atom is 0.226 e. The van der Waals surface area contributed by atoms with Crippen molar-refractivity contribution in [2.45, 2.75) is 19.3 Å². The lowest BCUT2D eigenvalue weighted by Crippen LogP contribution is -2.28. The second-order valence-corrected chi connectivity index (χ2v) is 7.45. The highest BCUT2D eigenvalue weighted by molar-refractivity contribution is 9.10. The van der Waals surface area contributed by atoms with Crippen molar-refractivity contribution >= 4 is 33.4 Å². The maximum atomic E-state index is 14.3. The molecule has 142 valence electrons. The van der Waals surface area contributed by atoms with Crippen LogP contribution in [0.25, 0.3) is 5.69 Å². The summed E-state index contributed by atoms with van der Waals surface area (Å²) < 4.78 is 29.6. The maximum absolute atomic E-state index is 14.3. The normalized spacial score (nSPS) is 15.9. The fourth-order valence-electron chi connectivity index (χ4n) is 3.41. The SMILES string of the molecule is Cc1nn(-c2ccc(F)cc2F)c2c1C(C(=O)c1ccc(Br)cc1)CC(=O)N2. The number of nitrogens with one attached hydrogen (secondary N) is 1. The number of anilines is 1. The predicted molar refractivity (Wildman–Crippen MR) is 103 cm³/mol. The monoisotopic (exact) mass is 445 g/mol. The molecule has 0 fully saturated rings. The van der Waals surface area contributed by atoms with Crippen molar-refractivity contribution in [1.82, 2.24) is 9.78 Å². The van der Waals surface area contributed by atoms with Crippen molar-refractivity contribution in [3.8, 4) is 5.69 Å². The van der Waals surface area contributed by atoms with Crippen molar-refractivity contribution in [2.24, 2.45) is 0 Å². The van der Waals surface area contributed by atoms with E-state index < -0.39 is 17.6 Å². The van der Waals surface area contributed by atoms with Gasteiger partial charge in [0.1, 0.15) is 17.3 Å². The van der Waals surface area contributed by atoms with E-state index in [0.717, 1.165) is 16.6 Å². The van der Waals surface area contributed by atoms with Crippen LogP contribution in [0.3, 0.4) is 0 Å². The molecule has 8 heteroatoms. The van der Waals surface area contributed by atoms with Gasteiger partial charge in [-0.1, -0.05) is 28.1 Å². The molecule has 2 heterocycles. The summed E-state index contributed by atoms with van der Waals surface area (Å²) in [7, 11) is 0. The van der Waals surface area contributed by atoms with Gasteiger partial charge in [-0.15, -0.1) is 0 Å². The van der Waals surface area contributed by atoms with Gasteiger partial charge in [-0.2, -0.15) is 5.10 Å². The van der Waals surface area contributed by atoms with Crippen molar-refractivity contribution in [1.29, 1.82) is 0 Å². The number of nitrogens with zero attached hydrogens (tertiary/aromatic N) is 2. The summed E-state index contributed by atoms with van der Waals surface area (Å²) in [5.41, 5.74) is 1.49. The van der Waals surface area contributed by atoms with Gasteiger partial charge in [-0.25, -0.2) is 13.5 Å². The summed E-state index contributed by atoms with van der Waals surface area (Å²) in [6, 6.07) is 9.95. The van der Waals surface area contributed by atoms with E-state index in [1.54, 1.807) is 31.2 Å². The summed E-state index contributed by atoms with van der Waals surface area (Å²) in [4.78, 5) is 25.4. The number of Topliss-reactive ketones (excluding diaryl/α,β-unsaturated/α-hetero) is 1. The zero-order valence-electron chi connectivity index (χ0n) is 14.7. The molecule has 3 aromatic rings. The van der Waals surface area contributed by atoms with Gasteiger partial charge in [0.05, 0.1) is 11.6 Å². The van der Waals surface area contributed by atoms with E-state index >= 15 is 0 Å². The number of rotatable bonds is 3. The molecule has 0 bridgehead atoms. The fraction of sp³-hybridized carbons (Fsp3) is 0.150. The topological polar surface area (TPSA) is 64.0 Å². The van der Waals surface area contributed by atoms with E-state index in [2.05, 4.69) is 26.3 Å². The Hall–Kier alpha value is -2.87.